The molecule has 2 saturated heterocycles. The van der Waals surface area contributed by atoms with E-state index < -0.39 is 6.04 Å². The Morgan fingerprint density at radius 3 is 2.47 bits per heavy atom. The number of carbonyl (C=O) groups is 2. The minimum absolute atomic E-state index is 0.0601. The second-order valence-electron chi connectivity index (χ2n) is 8.03. The summed E-state index contributed by atoms with van der Waals surface area (Å²) >= 11 is 0. The predicted molar refractivity (Wildman–Crippen MR) is 114 cm³/mol. The van der Waals surface area contributed by atoms with Crippen LogP contribution in [-0.2, 0) is 11.3 Å². The maximum atomic E-state index is 12.7. The fraction of sp³-hybridized carbons (Fsp3) is 0.478. The molecule has 0 spiro atoms. The van der Waals surface area contributed by atoms with Crippen molar-refractivity contribution in [1.82, 2.24) is 20.0 Å². The van der Waals surface area contributed by atoms with E-state index in [9.17, 15) is 9.59 Å². The summed E-state index contributed by atoms with van der Waals surface area (Å²) in [6.45, 7) is 7.13. The highest BCUT2D eigenvalue weighted by molar-refractivity contribution is 5.95. The van der Waals surface area contributed by atoms with Crippen molar-refractivity contribution in [2.75, 3.05) is 45.8 Å². The second-order valence-corrected chi connectivity index (χ2v) is 8.03. The summed E-state index contributed by atoms with van der Waals surface area (Å²) < 4.78 is 5.21. The number of furan rings is 1. The first-order valence-corrected chi connectivity index (χ1v) is 10.8. The van der Waals surface area contributed by atoms with Crippen LogP contribution in [-0.4, -0.2) is 78.4 Å². The van der Waals surface area contributed by atoms with Crippen LogP contribution in [0.4, 0.5) is 0 Å². The molecule has 4 rings (SSSR count). The Morgan fingerprint density at radius 2 is 1.73 bits per heavy atom. The zero-order chi connectivity index (χ0) is 20.8. The lowest BCUT2D eigenvalue weighted by Gasteiger charge is -2.34. The molecule has 2 fully saturated rings. The Bertz CT molecular complexity index is 816. The molecule has 1 N–H and O–H groups in total. The minimum Gasteiger partial charge on any atom is -0.459 e. The highest BCUT2D eigenvalue weighted by atomic mass is 16.3. The summed E-state index contributed by atoms with van der Waals surface area (Å²) in [5.74, 6) is 0.0328. The molecule has 30 heavy (non-hydrogen) atoms. The number of carbonyl (C=O) groups excluding carboxylic acids is 2. The van der Waals surface area contributed by atoms with Crippen molar-refractivity contribution in [2.24, 2.45) is 0 Å². The summed E-state index contributed by atoms with van der Waals surface area (Å²) in [5.41, 5.74) is 1.35. The molecule has 0 bridgehead atoms. The molecular formula is C23H30N4O3. The topological polar surface area (TPSA) is 69.0 Å². The van der Waals surface area contributed by atoms with Gasteiger partial charge in [0.2, 0.25) is 5.91 Å². The second kappa shape index (κ2) is 9.91. The normalized spacial score (nSPS) is 20.4. The van der Waals surface area contributed by atoms with Gasteiger partial charge in [-0.1, -0.05) is 30.3 Å². The molecule has 2 aliphatic heterocycles. The van der Waals surface area contributed by atoms with Crippen molar-refractivity contribution in [1.29, 1.82) is 0 Å². The van der Waals surface area contributed by atoms with Gasteiger partial charge in [-0.2, -0.15) is 0 Å². The average Bonchev–Trinajstić information content (AvgIpc) is 3.48. The quantitative estimate of drug-likeness (QED) is 0.754. The maximum Gasteiger partial charge on any atom is 0.290 e. The van der Waals surface area contributed by atoms with Gasteiger partial charge in [-0.3, -0.25) is 19.4 Å². The van der Waals surface area contributed by atoms with Gasteiger partial charge in [0, 0.05) is 52.4 Å². The fourth-order valence-corrected chi connectivity index (χ4v) is 4.29. The van der Waals surface area contributed by atoms with E-state index in [4.69, 9.17) is 4.42 Å². The SMILES string of the molecule is O=C(NCCN1CCN(Cc2ccccc2)CC1)[C@@H]1CCCN1C(=O)c1ccco1. The summed E-state index contributed by atoms with van der Waals surface area (Å²) in [6.07, 6.45) is 3.03. The largest absolute Gasteiger partial charge is 0.459 e. The Kier molecular flexibility index (Phi) is 6.81. The van der Waals surface area contributed by atoms with E-state index in [-0.39, 0.29) is 11.8 Å². The van der Waals surface area contributed by atoms with E-state index >= 15 is 0 Å². The van der Waals surface area contributed by atoms with Crippen molar-refractivity contribution in [2.45, 2.75) is 25.4 Å². The number of amides is 2. The van der Waals surface area contributed by atoms with Gasteiger partial charge >= 0.3 is 0 Å². The van der Waals surface area contributed by atoms with Crippen molar-refractivity contribution in [3.63, 3.8) is 0 Å². The number of likely N-dealkylation sites (tertiary alicyclic amines) is 1. The van der Waals surface area contributed by atoms with Gasteiger partial charge in [0.1, 0.15) is 6.04 Å². The Morgan fingerprint density at radius 1 is 0.967 bits per heavy atom. The number of nitrogens with one attached hydrogen (secondary N) is 1. The van der Waals surface area contributed by atoms with Crippen molar-refractivity contribution in [3.8, 4) is 0 Å². The Balaban J connectivity index is 1.17. The van der Waals surface area contributed by atoms with Crippen LogP contribution in [0.15, 0.2) is 53.1 Å². The molecule has 2 amide bonds. The van der Waals surface area contributed by atoms with Gasteiger partial charge in [0.25, 0.3) is 5.91 Å². The molecular weight excluding hydrogens is 380 g/mol. The molecule has 0 aliphatic carbocycles. The van der Waals surface area contributed by atoms with Crippen molar-refractivity contribution in [3.05, 3.63) is 60.1 Å². The number of hydrogen-bond donors (Lipinski definition) is 1. The van der Waals surface area contributed by atoms with E-state index in [1.165, 1.54) is 11.8 Å². The monoisotopic (exact) mass is 410 g/mol. The van der Waals surface area contributed by atoms with Crippen LogP contribution >= 0.6 is 0 Å². The van der Waals surface area contributed by atoms with Gasteiger partial charge in [0.05, 0.1) is 6.26 Å². The van der Waals surface area contributed by atoms with E-state index in [1.54, 1.807) is 17.0 Å². The molecule has 0 unspecified atom stereocenters. The van der Waals surface area contributed by atoms with Gasteiger partial charge in [-0.15, -0.1) is 0 Å². The zero-order valence-corrected chi connectivity index (χ0v) is 17.3. The van der Waals surface area contributed by atoms with Gasteiger partial charge in [0.15, 0.2) is 5.76 Å². The van der Waals surface area contributed by atoms with Crippen LogP contribution in [0.3, 0.4) is 0 Å². The number of nitrogens with zero attached hydrogens (tertiary/aromatic N) is 3. The molecule has 2 aliphatic rings. The van der Waals surface area contributed by atoms with E-state index in [0.29, 0.717) is 25.3 Å². The first-order valence-electron chi connectivity index (χ1n) is 10.8. The lowest BCUT2D eigenvalue weighted by atomic mass is 10.2. The van der Waals surface area contributed by atoms with Crippen LogP contribution < -0.4 is 5.32 Å². The van der Waals surface area contributed by atoms with Crippen LogP contribution in [0.25, 0.3) is 0 Å². The molecule has 3 heterocycles. The molecule has 0 saturated carbocycles. The summed E-state index contributed by atoms with van der Waals surface area (Å²) in [5, 5.41) is 3.03. The first-order chi connectivity index (χ1) is 14.7. The van der Waals surface area contributed by atoms with Gasteiger partial charge in [-0.05, 0) is 30.5 Å². The smallest absolute Gasteiger partial charge is 0.290 e. The number of benzene rings is 1. The standard InChI is InChI=1S/C23H30N4O3/c28-22(20-8-4-11-27(20)23(29)21-9-5-17-30-21)24-10-12-25-13-15-26(16-14-25)18-19-6-2-1-3-7-19/h1-3,5-7,9,17,20H,4,8,10-16,18H2,(H,24,28)/t20-/m0/s1. The molecule has 1 aromatic carbocycles. The average molecular weight is 411 g/mol. The van der Waals surface area contributed by atoms with E-state index in [0.717, 1.165) is 45.7 Å². The molecule has 7 heteroatoms. The van der Waals surface area contributed by atoms with Crippen LogP contribution in [0.2, 0.25) is 0 Å². The maximum absolute atomic E-state index is 12.7. The third kappa shape index (κ3) is 5.09. The first kappa shape index (κ1) is 20.6. The molecule has 1 aromatic heterocycles. The van der Waals surface area contributed by atoms with Crippen LogP contribution in [0.5, 0.6) is 0 Å². The molecule has 7 nitrogen and oxygen atoms in total. The van der Waals surface area contributed by atoms with Crippen molar-refractivity contribution >= 4 is 11.8 Å². The lowest BCUT2D eigenvalue weighted by molar-refractivity contribution is -0.124. The Hall–Kier alpha value is -2.64. The van der Waals surface area contributed by atoms with Gasteiger partial charge < -0.3 is 14.6 Å². The van der Waals surface area contributed by atoms with Gasteiger partial charge in [-0.25, -0.2) is 0 Å². The highest BCUT2D eigenvalue weighted by Gasteiger charge is 2.35. The molecule has 0 radical (unpaired) electrons. The number of piperazine rings is 1. The third-order valence-corrected chi connectivity index (χ3v) is 5.99. The van der Waals surface area contributed by atoms with Crippen LogP contribution in [0.1, 0.15) is 29.0 Å². The number of rotatable bonds is 7. The predicted octanol–water partition coefficient (Wildman–Crippen LogP) is 1.82. The zero-order valence-electron chi connectivity index (χ0n) is 17.3. The van der Waals surface area contributed by atoms with Crippen molar-refractivity contribution < 1.29 is 14.0 Å². The molecule has 1 atom stereocenters. The summed E-state index contributed by atoms with van der Waals surface area (Å²) in [7, 11) is 0. The minimum atomic E-state index is -0.398. The molecule has 160 valence electrons. The van der Waals surface area contributed by atoms with Crippen LogP contribution in [0, 0.1) is 0 Å². The van der Waals surface area contributed by atoms with E-state index in [2.05, 4.69) is 39.4 Å². The lowest BCUT2D eigenvalue weighted by Crippen LogP contribution is -2.50. The highest BCUT2D eigenvalue weighted by Crippen LogP contribution is 2.20. The Labute approximate surface area is 177 Å². The third-order valence-electron chi connectivity index (χ3n) is 5.99. The van der Waals surface area contributed by atoms with E-state index in [1.807, 2.05) is 6.07 Å². The number of hydrogen-bond acceptors (Lipinski definition) is 5. The molecule has 2 aromatic rings. The summed E-state index contributed by atoms with van der Waals surface area (Å²) in [4.78, 5) is 31.7. The summed E-state index contributed by atoms with van der Waals surface area (Å²) in [6, 6.07) is 13.5. The fourth-order valence-electron chi connectivity index (χ4n) is 4.29.